The maximum Gasteiger partial charge on any atom is 0.245 e. The number of carbonyl (C=O) groups is 1. The zero-order chi connectivity index (χ0) is 20.2. The van der Waals surface area contributed by atoms with Gasteiger partial charge in [0.15, 0.2) is 0 Å². The molecule has 2 aromatic rings. The summed E-state index contributed by atoms with van der Waals surface area (Å²) in [6.07, 6.45) is 1.02. The van der Waals surface area contributed by atoms with Crippen molar-refractivity contribution in [2.24, 2.45) is 0 Å². The van der Waals surface area contributed by atoms with E-state index in [1.54, 1.807) is 37.3 Å². The van der Waals surface area contributed by atoms with Crippen LogP contribution in [0.5, 0.6) is 11.5 Å². The predicted molar refractivity (Wildman–Crippen MR) is 107 cm³/mol. The first-order valence-corrected chi connectivity index (χ1v) is 10.1. The van der Waals surface area contributed by atoms with Gasteiger partial charge in [0.25, 0.3) is 0 Å². The molecule has 0 bridgehead atoms. The molecule has 2 aromatic carbocycles. The second-order valence-corrected chi connectivity index (χ2v) is 8.16. The molecule has 0 atom stereocenters. The molecule has 146 valence electrons. The largest absolute Gasteiger partial charge is 0.497 e. The molecule has 1 amide bonds. The fraction of sp³-hybridized carbons (Fsp3) is 0.278. The third-order valence-electron chi connectivity index (χ3n) is 3.80. The topological polar surface area (TPSA) is 84.9 Å². The molecule has 0 radical (unpaired) electrons. The van der Waals surface area contributed by atoms with Crippen LogP contribution < -0.4 is 19.1 Å². The average Bonchev–Trinajstić information content (AvgIpc) is 2.60. The molecule has 0 spiro atoms. The lowest BCUT2D eigenvalue weighted by molar-refractivity contribution is -0.114. The van der Waals surface area contributed by atoms with Crippen LogP contribution in [0.4, 0.5) is 11.4 Å². The molecule has 0 aliphatic rings. The van der Waals surface area contributed by atoms with Crippen molar-refractivity contribution in [1.82, 2.24) is 0 Å². The summed E-state index contributed by atoms with van der Waals surface area (Å²) in [4.78, 5) is 12.5. The van der Waals surface area contributed by atoms with Gasteiger partial charge in [0.2, 0.25) is 15.9 Å². The number of ether oxygens (including phenoxy) is 2. The highest BCUT2D eigenvalue weighted by Gasteiger charge is 2.25. The molecule has 0 heterocycles. The minimum atomic E-state index is -3.76. The van der Waals surface area contributed by atoms with Crippen molar-refractivity contribution in [2.75, 3.05) is 36.6 Å². The Morgan fingerprint density at radius 2 is 1.85 bits per heavy atom. The summed E-state index contributed by atoms with van der Waals surface area (Å²) in [5.74, 6) is 0.237. The molecule has 27 heavy (non-hydrogen) atoms. The lowest BCUT2D eigenvalue weighted by atomic mass is 10.2. The third kappa shape index (κ3) is 5.27. The van der Waals surface area contributed by atoms with Gasteiger partial charge in [-0.05, 0) is 42.8 Å². The number of hydrogen-bond donors (Lipinski definition) is 1. The van der Waals surface area contributed by atoms with E-state index in [0.29, 0.717) is 22.2 Å². The summed E-state index contributed by atoms with van der Waals surface area (Å²) in [5, 5.41) is 3.25. The monoisotopic (exact) mass is 412 g/mol. The highest BCUT2D eigenvalue weighted by atomic mass is 35.5. The number of amides is 1. The van der Waals surface area contributed by atoms with Crippen LogP contribution in [0.3, 0.4) is 0 Å². The molecule has 2 rings (SSSR count). The van der Waals surface area contributed by atoms with Crippen molar-refractivity contribution < 1.29 is 22.7 Å². The number of hydrogen-bond acceptors (Lipinski definition) is 5. The number of carbonyl (C=O) groups excluding carboxylic acids is 1. The normalized spacial score (nSPS) is 11.0. The molecular formula is C18H21ClN2O5S. The Morgan fingerprint density at radius 1 is 1.15 bits per heavy atom. The van der Waals surface area contributed by atoms with Gasteiger partial charge in [-0.3, -0.25) is 9.10 Å². The Balaban J connectivity index is 2.34. The van der Waals surface area contributed by atoms with E-state index in [4.69, 9.17) is 21.1 Å². The average molecular weight is 413 g/mol. The van der Waals surface area contributed by atoms with Gasteiger partial charge in [-0.15, -0.1) is 0 Å². The van der Waals surface area contributed by atoms with Crippen molar-refractivity contribution in [3.05, 3.63) is 47.0 Å². The lowest BCUT2D eigenvalue weighted by Crippen LogP contribution is -2.37. The molecule has 9 heteroatoms. The summed E-state index contributed by atoms with van der Waals surface area (Å²) in [5.41, 5.74) is 1.53. The van der Waals surface area contributed by atoms with Crippen molar-refractivity contribution in [3.8, 4) is 11.5 Å². The van der Waals surface area contributed by atoms with Gasteiger partial charge in [-0.1, -0.05) is 11.6 Å². The summed E-state index contributed by atoms with van der Waals surface area (Å²) in [6.45, 7) is 1.37. The standard InChI is InChI=1S/C18H21ClN2O5S/c1-12-9-13(19)5-7-15(12)20-18(22)11-21(27(4,23)24)16-10-14(25-2)6-8-17(16)26-3/h5-10H,11H2,1-4H3,(H,20,22). The number of nitrogens with zero attached hydrogens (tertiary/aromatic N) is 1. The maximum atomic E-state index is 12.5. The van der Waals surface area contributed by atoms with E-state index < -0.39 is 22.5 Å². The van der Waals surface area contributed by atoms with Gasteiger partial charge < -0.3 is 14.8 Å². The molecule has 0 fully saturated rings. The van der Waals surface area contributed by atoms with E-state index in [2.05, 4.69) is 5.32 Å². The maximum absolute atomic E-state index is 12.5. The Hall–Kier alpha value is -2.45. The van der Waals surface area contributed by atoms with E-state index in [-0.39, 0.29) is 5.69 Å². The van der Waals surface area contributed by atoms with Crippen molar-refractivity contribution >= 4 is 38.9 Å². The van der Waals surface area contributed by atoms with E-state index in [1.165, 1.54) is 20.3 Å². The summed E-state index contributed by atoms with van der Waals surface area (Å²) < 4.78 is 36.0. The second-order valence-electron chi connectivity index (χ2n) is 5.81. The van der Waals surface area contributed by atoms with Crippen LogP contribution in [-0.2, 0) is 14.8 Å². The number of sulfonamides is 1. The zero-order valence-corrected chi connectivity index (χ0v) is 17.0. The lowest BCUT2D eigenvalue weighted by Gasteiger charge is -2.24. The van der Waals surface area contributed by atoms with Gasteiger partial charge in [0, 0.05) is 16.8 Å². The Morgan fingerprint density at radius 3 is 2.41 bits per heavy atom. The Bertz CT molecular complexity index is 947. The molecule has 0 aliphatic heterocycles. The Labute approximate surface area is 163 Å². The summed E-state index contributed by atoms with van der Waals surface area (Å²) >= 11 is 5.91. The van der Waals surface area contributed by atoms with Crippen LogP contribution in [0, 0.1) is 6.92 Å². The highest BCUT2D eigenvalue weighted by molar-refractivity contribution is 7.92. The van der Waals surface area contributed by atoms with Crippen molar-refractivity contribution in [1.29, 1.82) is 0 Å². The molecular weight excluding hydrogens is 392 g/mol. The first-order valence-electron chi connectivity index (χ1n) is 7.91. The summed E-state index contributed by atoms with van der Waals surface area (Å²) in [6, 6.07) is 9.72. The minimum Gasteiger partial charge on any atom is -0.497 e. The molecule has 0 aromatic heterocycles. The van der Waals surface area contributed by atoms with E-state index in [9.17, 15) is 13.2 Å². The zero-order valence-electron chi connectivity index (χ0n) is 15.4. The Kier molecular flexibility index (Phi) is 6.56. The molecule has 1 N–H and O–H groups in total. The number of nitrogens with one attached hydrogen (secondary N) is 1. The van der Waals surface area contributed by atoms with Gasteiger partial charge in [0.1, 0.15) is 18.0 Å². The molecule has 0 saturated carbocycles. The highest BCUT2D eigenvalue weighted by Crippen LogP contribution is 2.33. The summed E-state index contributed by atoms with van der Waals surface area (Å²) in [7, 11) is -0.880. The number of aryl methyl sites for hydroxylation is 1. The molecule has 0 aliphatic carbocycles. The minimum absolute atomic E-state index is 0.210. The van der Waals surface area contributed by atoms with Crippen LogP contribution in [-0.4, -0.2) is 41.3 Å². The first-order chi connectivity index (χ1) is 12.7. The fourth-order valence-corrected chi connectivity index (χ4v) is 3.54. The smallest absolute Gasteiger partial charge is 0.245 e. The van der Waals surface area contributed by atoms with E-state index in [0.717, 1.165) is 16.1 Å². The van der Waals surface area contributed by atoms with Gasteiger partial charge in [-0.2, -0.15) is 0 Å². The van der Waals surface area contributed by atoms with Crippen LogP contribution in [0.15, 0.2) is 36.4 Å². The predicted octanol–water partition coefficient (Wildman–Crippen LogP) is 3.07. The number of rotatable bonds is 7. The first kappa shape index (κ1) is 20.9. The van der Waals surface area contributed by atoms with Crippen molar-refractivity contribution in [2.45, 2.75) is 6.92 Å². The second kappa shape index (κ2) is 8.49. The van der Waals surface area contributed by atoms with Crippen LogP contribution >= 0.6 is 11.6 Å². The van der Waals surface area contributed by atoms with Crippen LogP contribution in [0.25, 0.3) is 0 Å². The van der Waals surface area contributed by atoms with Gasteiger partial charge >= 0.3 is 0 Å². The SMILES string of the molecule is COc1ccc(OC)c(N(CC(=O)Nc2ccc(Cl)cc2C)S(C)(=O)=O)c1. The number of anilines is 2. The number of halogens is 1. The fourth-order valence-electron chi connectivity index (χ4n) is 2.46. The molecule has 0 unspecified atom stereocenters. The van der Waals surface area contributed by atoms with E-state index in [1.807, 2.05) is 0 Å². The molecule has 7 nitrogen and oxygen atoms in total. The van der Waals surface area contributed by atoms with Gasteiger partial charge in [0.05, 0.1) is 26.2 Å². The van der Waals surface area contributed by atoms with E-state index >= 15 is 0 Å². The van der Waals surface area contributed by atoms with Crippen molar-refractivity contribution in [3.63, 3.8) is 0 Å². The van der Waals surface area contributed by atoms with Gasteiger partial charge in [-0.25, -0.2) is 8.42 Å². The third-order valence-corrected chi connectivity index (χ3v) is 5.17. The quantitative estimate of drug-likeness (QED) is 0.755. The molecule has 0 saturated heterocycles. The van der Waals surface area contributed by atoms with Crippen LogP contribution in [0.1, 0.15) is 5.56 Å². The number of benzene rings is 2. The number of methoxy groups -OCH3 is 2. The van der Waals surface area contributed by atoms with Crippen LogP contribution in [0.2, 0.25) is 5.02 Å².